The van der Waals surface area contributed by atoms with Crippen molar-refractivity contribution in [3.8, 4) is 0 Å². The molecule has 1 heterocycles. The van der Waals surface area contributed by atoms with E-state index in [9.17, 15) is 27.6 Å². The molecule has 2 rings (SSSR count). The second kappa shape index (κ2) is 9.07. The maximum absolute atomic E-state index is 12.3. The van der Waals surface area contributed by atoms with Gasteiger partial charge in [-0.2, -0.15) is 13.2 Å². The summed E-state index contributed by atoms with van der Waals surface area (Å²) in [4.78, 5) is 37.5. The molecule has 3 amide bonds. The molecule has 0 unspecified atom stereocenters. The van der Waals surface area contributed by atoms with E-state index in [1.54, 1.807) is 24.3 Å². The molecule has 148 valence electrons. The summed E-state index contributed by atoms with van der Waals surface area (Å²) < 4.78 is 36.7. The lowest BCUT2D eigenvalue weighted by Gasteiger charge is -2.24. The average Bonchev–Trinajstić information content (AvgIpc) is 3.09. The molecule has 0 bridgehead atoms. The minimum atomic E-state index is -4.51. The number of alkyl halides is 3. The van der Waals surface area contributed by atoms with E-state index in [0.717, 1.165) is 0 Å². The molecule has 0 spiro atoms. The van der Waals surface area contributed by atoms with Gasteiger partial charge in [-0.05, 0) is 25.0 Å². The van der Waals surface area contributed by atoms with Crippen LogP contribution in [0.4, 0.5) is 13.2 Å². The Balaban J connectivity index is 1.83. The van der Waals surface area contributed by atoms with Gasteiger partial charge in [0.2, 0.25) is 11.8 Å². The molecule has 0 aliphatic carbocycles. The highest BCUT2D eigenvalue weighted by Crippen LogP contribution is 2.20. The molecule has 0 saturated carbocycles. The lowest BCUT2D eigenvalue weighted by atomic mass is 10.2. The number of hydrogen-bond acceptors (Lipinski definition) is 3. The second-order valence-corrected chi connectivity index (χ2v) is 6.47. The van der Waals surface area contributed by atoms with E-state index >= 15 is 0 Å². The predicted octanol–water partition coefficient (Wildman–Crippen LogP) is 2.13. The van der Waals surface area contributed by atoms with E-state index in [1.807, 2.05) is 5.32 Å². The van der Waals surface area contributed by atoms with Crippen molar-refractivity contribution in [2.75, 3.05) is 19.6 Å². The minimum absolute atomic E-state index is 0.0241. The van der Waals surface area contributed by atoms with Crippen molar-refractivity contribution in [2.45, 2.75) is 31.5 Å². The van der Waals surface area contributed by atoms with E-state index < -0.39 is 36.5 Å². The van der Waals surface area contributed by atoms with E-state index in [-0.39, 0.29) is 23.6 Å². The van der Waals surface area contributed by atoms with Gasteiger partial charge in [0.05, 0.1) is 10.6 Å². The van der Waals surface area contributed by atoms with Crippen LogP contribution in [0.15, 0.2) is 24.3 Å². The number of halogens is 4. The summed E-state index contributed by atoms with van der Waals surface area (Å²) in [5.41, 5.74) is 0.275. The Morgan fingerprint density at radius 3 is 2.56 bits per heavy atom. The van der Waals surface area contributed by atoms with Crippen molar-refractivity contribution in [3.05, 3.63) is 34.9 Å². The highest BCUT2D eigenvalue weighted by atomic mass is 35.5. The molecule has 0 aromatic heterocycles. The summed E-state index contributed by atoms with van der Waals surface area (Å²) in [6, 6.07) is 5.52. The number of benzene rings is 1. The quantitative estimate of drug-likeness (QED) is 0.761. The van der Waals surface area contributed by atoms with E-state index in [2.05, 4.69) is 5.32 Å². The van der Waals surface area contributed by atoms with Gasteiger partial charge >= 0.3 is 6.18 Å². The van der Waals surface area contributed by atoms with E-state index in [0.29, 0.717) is 19.4 Å². The highest BCUT2D eigenvalue weighted by Gasteiger charge is 2.36. The molecule has 1 aliphatic heterocycles. The van der Waals surface area contributed by atoms with Gasteiger partial charge in [0.15, 0.2) is 0 Å². The number of amides is 3. The maximum Gasteiger partial charge on any atom is 0.405 e. The first kappa shape index (κ1) is 21.0. The number of nitrogens with zero attached hydrogens (tertiary/aromatic N) is 1. The molecule has 6 nitrogen and oxygen atoms in total. The fourth-order valence-electron chi connectivity index (χ4n) is 2.81. The Labute approximate surface area is 159 Å². The Kier molecular flexibility index (Phi) is 7.06. The fourth-order valence-corrected chi connectivity index (χ4v) is 3.03. The van der Waals surface area contributed by atoms with Gasteiger partial charge in [-0.25, -0.2) is 0 Å². The summed E-state index contributed by atoms with van der Waals surface area (Å²) in [5, 5.41) is 4.65. The first-order valence-corrected chi connectivity index (χ1v) is 8.73. The van der Waals surface area contributed by atoms with Crippen molar-refractivity contribution in [3.63, 3.8) is 0 Å². The lowest BCUT2D eigenvalue weighted by molar-refractivity contribution is -0.144. The van der Waals surface area contributed by atoms with Gasteiger partial charge < -0.3 is 15.5 Å². The Hall–Kier alpha value is -2.29. The number of rotatable bonds is 6. The van der Waals surface area contributed by atoms with Crippen LogP contribution >= 0.6 is 11.6 Å². The smallest absolute Gasteiger partial charge is 0.351 e. The molecule has 10 heteroatoms. The zero-order valence-corrected chi connectivity index (χ0v) is 15.1. The van der Waals surface area contributed by atoms with Gasteiger partial charge in [0, 0.05) is 19.5 Å². The molecule has 1 aliphatic rings. The number of nitrogens with one attached hydrogen (secondary N) is 2. The largest absolute Gasteiger partial charge is 0.405 e. The predicted molar refractivity (Wildman–Crippen MR) is 92.2 cm³/mol. The summed E-state index contributed by atoms with van der Waals surface area (Å²) in [6.07, 6.45) is -3.74. The highest BCUT2D eigenvalue weighted by molar-refractivity contribution is 6.33. The minimum Gasteiger partial charge on any atom is -0.351 e. The van der Waals surface area contributed by atoms with Gasteiger partial charge in [-0.1, -0.05) is 23.7 Å². The number of hydrogen-bond donors (Lipinski definition) is 2. The SMILES string of the molecule is O=C(NCCC(=O)N1CCC[C@@H]1C(=O)NCC(F)(F)F)c1ccccc1Cl. The number of likely N-dealkylation sites (tertiary alicyclic amines) is 1. The van der Waals surface area contributed by atoms with Gasteiger partial charge in [0.1, 0.15) is 12.6 Å². The summed E-state index contributed by atoms with van der Waals surface area (Å²) in [6.45, 7) is -1.12. The molecular formula is C17H19ClF3N3O3. The van der Waals surface area contributed by atoms with Crippen LogP contribution in [-0.4, -0.2) is 54.5 Å². The van der Waals surface area contributed by atoms with Gasteiger partial charge in [-0.15, -0.1) is 0 Å². The van der Waals surface area contributed by atoms with Gasteiger partial charge in [0.25, 0.3) is 5.91 Å². The van der Waals surface area contributed by atoms with Crippen LogP contribution < -0.4 is 10.6 Å². The molecule has 2 N–H and O–H groups in total. The molecular weight excluding hydrogens is 387 g/mol. The maximum atomic E-state index is 12.3. The molecule has 1 aromatic rings. The molecule has 0 radical (unpaired) electrons. The zero-order chi connectivity index (χ0) is 20.0. The average molecular weight is 406 g/mol. The lowest BCUT2D eigenvalue weighted by Crippen LogP contribution is -2.48. The normalized spacial score (nSPS) is 16.9. The van der Waals surface area contributed by atoms with Crippen molar-refractivity contribution in [1.29, 1.82) is 0 Å². The second-order valence-electron chi connectivity index (χ2n) is 6.06. The zero-order valence-electron chi connectivity index (χ0n) is 14.3. The number of carbonyl (C=O) groups is 3. The third-order valence-corrected chi connectivity index (χ3v) is 4.41. The molecule has 1 atom stereocenters. The monoisotopic (exact) mass is 405 g/mol. The first-order valence-electron chi connectivity index (χ1n) is 8.35. The summed E-state index contributed by atoms with van der Waals surface area (Å²) in [5.74, 6) is -1.66. The molecule has 1 aromatic carbocycles. The van der Waals surface area contributed by atoms with Crippen LogP contribution in [0.1, 0.15) is 29.6 Å². The molecule has 1 saturated heterocycles. The van der Waals surface area contributed by atoms with Crippen LogP contribution in [-0.2, 0) is 9.59 Å². The Bertz CT molecular complexity index is 712. The standard InChI is InChI=1S/C17H19ClF3N3O3/c18-12-5-2-1-4-11(12)15(26)22-8-7-14(25)24-9-3-6-13(24)16(27)23-10-17(19,20)21/h1-2,4-5,13H,3,6-10H2,(H,22,26)(H,23,27)/t13-/m1/s1. The summed E-state index contributed by atoms with van der Waals surface area (Å²) >= 11 is 5.92. The fraction of sp³-hybridized carbons (Fsp3) is 0.471. The summed E-state index contributed by atoms with van der Waals surface area (Å²) in [7, 11) is 0. The van der Waals surface area contributed by atoms with Crippen LogP contribution in [0.5, 0.6) is 0 Å². The first-order chi connectivity index (χ1) is 12.7. The Morgan fingerprint density at radius 1 is 1.19 bits per heavy atom. The van der Waals surface area contributed by atoms with Crippen molar-refractivity contribution in [1.82, 2.24) is 15.5 Å². The third kappa shape index (κ3) is 6.13. The third-order valence-electron chi connectivity index (χ3n) is 4.08. The van der Waals surface area contributed by atoms with Gasteiger partial charge in [-0.3, -0.25) is 14.4 Å². The molecule has 1 fully saturated rings. The topological polar surface area (TPSA) is 78.5 Å². The van der Waals surface area contributed by atoms with Crippen LogP contribution in [0.2, 0.25) is 5.02 Å². The van der Waals surface area contributed by atoms with Crippen molar-refractivity contribution >= 4 is 29.3 Å². The number of carbonyl (C=O) groups excluding carboxylic acids is 3. The van der Waals surface area contributed by atoms with E-state index in [4.69, 9.17) is 11.6 Å². The van der Waals surface area contributed by atoms with Crippen LogP contribution in [0.25, 0.3) is 0 Å². The van der Waals surface area contributed by atoms with E-state index in [1.165, 1.54) is 4.90 Å². The molecule has 27 heavy (non-hydrogen) atoms. The van der Waals surface area contributed by atoms with Crippen LogP contribution in [0.3, 0.4) is 0 Å². The van der Waals surface area contributed by atoms with Crippen LogP contribution in [0, 0.1) is 0 Å². The van der Waals surface area contributed by atoms with Crippen molar-refractivity contribution < 1.29 is 27.6 Å². The van der Waals surface area contributed by atoms with Crippen molar-refractivity contribution in [2.24, 2.45) is 0 Å². The Morgan fingerprint density at radius 2 is 1.89 bits per heavy atom.